The van der Waals surface area contributed by atoms with E-state index in [1.807, 2.05) is 24.7 Å². The Bertz CT molecular complexity index is 3210. The fourth-order valence-electron chi connectivity index (χ4n) is 9.86. The van der Waals surface area contributed by atoms with Crippen molar-refractivity contribution in [1.82, 2.24) is 15.0 Å². The quantitative estimate of drug-likeness (QED) is 0.176. The van der Waals surface area contributed by atoms with Gasteiger partial charge in [0.1, 0.15) is 0 Å². The minimum atomic E-state index is -0.438. The van der Waals surface area contributed by atoms with E-state index in [9.17, 15) is 0 Å². The molecule has 2 heterocycles. The van der Waals surface area contributed by atoms with Crippen LogP contribution in [0.15, 0.2) is 213 Å². The number of hydrogen-bond donors (Lipinski definition) is 0. The minimum Gasteiger partial charge on any atom is -0.264 e. The summed E-state index contributed by atoms with van der Waals surface area (Å²) in [5.74, 6) is 0.703. The Morgan fingerprint density at radius 1 is 0.339 bits per heavy atom. The van der Waals surface area contributed by atoms with Crippen molar-refractivity contribution >= 4 is 10.8 Å². The molecule has 2 aliphatic carbocycles. The molecule has 0 aliphatic heterocycles. The summed E-state index contributed by atoms with van der Waals surface area (Å²) in [4.78, 5) is 15.0. The molecule has 0 N–H and O–H groups in total. The first-order chi connectivity index (χ1) is 29.3. The second kappa shape index (κ2) is 13.2. The molecular formula is C56H35N3. The molecule has 0 bridgehead atoms. The van der Waals surface area contributed by atoms with Gasteiger partial charge < -0.3 is 0 Å². The Hall–Kier alpha value is -7.75. The van der Waals surface area contributed by atoms with E-state index >= 15 is 0 Å². The molecule has 2 aromatic heterocycles. The smallest absolute Gasteiger partial charge is 0.159 e. The maximum atomic E-state index is 5.53. The van der Waals surface area contributed by atoms with E-state index in [-0.39, 0.29) is 0 Å². The standard InChI is InChI=1S/C56H35N3/c1-2-17-43-37(12-1)13-10-21-48(43)54-49(38-27-25-36(26-28-38)39-14-9-15-40(32-39)42-16-11-31-57-34-42)35-58-55(59-54)41-29-30-47-46-20-5-8-24-52(46)56(53(47)33-41)50-22-6-3-18-44(50)45-19-4-7-23-51(45)56/h1-35H. The van der Waals surface area contributed by atoms with Gasteiger partial charge in [-0.1, -0.05) is 176 Å². The summed E-state index contributed by atoms with van der Waals surface area (Å²) in [6.45, 7) is 0. The molecule has 8 aromatic carbocycles. The topological polar surface area (TPSA) is 38.7 Å². The van der Waals surface area contributed by atoms with E-state index in [1.165, 1.54) is 49.9 Å². The largest absolute Gasteiger partial charge is 0.264 e. The number of rotatable bonds is 5. The molecule has 0 amide bonds. The molecule has 0 saturated heterocycles. The van der Waals surface area contributed by atoms with Gasteiger partial charge in [0, 0.05) is 40.8 Å². The lowest BCUT2D eigenvalue weighted by atomic mass is 9.70. The van der Waals surface area contributed by atoms with Crippen LogP contribution in [0.1, 0.15) is 22.3 Å². The molecule has 10 aromatic rings. The molecule has 1 spiro atoms. The van der Waals surface area contributed by atoms with Crippen LogP contribution >= 0.6 is 0 Å². The zero-order valence-electron chi connectivity index (χ0n) is 32.0. The van der Waals surface area contributed by atoms with Gasteiger partial charge in [-0.15, -0.1) is 0 Å². The molecule has 0 saturated carbocycles. The SMILES string of the molecule is c1cncc(-c2cccc(-c3ccc(-c4cnc(-c5ccc6c(c5)C5(c7ccccc7-c7ccccc75)c5ccccc5-6)nc4-c4cccc5ccccc45)cc3)c2)c1. The molecule has 0 unspecified atom stereocenters. The second-order valence-electron chi connectivity index (χ2n) is 15.5. The first kappa shape index (κ1) is 33.4. The Morgan fingerprint density at radius 2 is 0.898 bits per heavy atom. The number of pyridine rings is 1. The molecule has 12 rings (SSSR count). The monoisotopic (exact) mass is 749 g/mol. The summed E-state index contributed by atoms with van der Waals surface area (Å²) in [6, 6.07) is 70.2. The van der Waals surface area contributed by atoms with Gasteiger partial charge in [0.05, 0.1) is 11.1 Å². The van der Waals surface area contributed by atoms with Crippen molar-refractivity contribution in [3.63, 3.8) is 0 Å². The summed E-state index contributed by atoms with van der Waals surface area (Å²) in [5.41, 5.74) is 19.5. The molecule has 274 valence electrons. The van der Waals surface area contributed by atoms with Crippen LogP contribution < -0.4 is 0 Å². The van der Waals surface area contributed by atoms with E-state index in [2.05, 4.69) is 193 Å². The van der Waals surface area contributed by atoms with Crippen LogP contribution in [0.3, 0.4) is 0 Å². The number of benzene rings is 8. The summed E-state index contributed by atoms with van der Waals surface area (Å²) < 4.78 is 0. The van der Waals surface area contributed by atoms with Crippen molar-refractivity contribution in [2.75, 3.05) is 0 Å². The van der Waals surface area contributed by atoms with Crippen molar-refractivity contribution < 1.29 is 0 Å². The van der Waals surface area contributed by atoms with Gasteiger partial charge >= 0.3 is 0 Å². The number of fused-ring (bicyclic) bond motifs is 11. The normalized spacial score (nSPS) is 12.9. The lowest BCUT2D eigenvalue weighted by Crippen LogP contribution is -2.25. The maximum absolute atomic E-state index is 5.53. The first-order valence-electron chi connectivity index (χ1n) is 20.2. The third kappa shape index (κ3) is 5.05. The maximum Gasteiger partial charge on any atom is 0.159 e. The average molecular weight is 750 g/mol. The molecule has 0 radical (unpaired) electrons. The Kier molecular flexibility index (Phi) is 7.45. The van der Waals surface area contributed by atoms with Gasteiger partial charge in [-0.2, -0.15) is 0 Å². The zero-order valence-corrected chi connectivity index (χ0v) is 32.0. The fraction of sp³-hybridized carbons (Fsp3) is 0.0179. The van der Waals surface area contributed by atoms with E-state index in [4.69, 9.17) is 9.97 Å². The number of nitrogens with zero attached hydrogens (tertiary/aromatic N) is 3. The minimum absolute atomic E-state index is 0.438. The van der Waals surface area contributed by atoms with E-state index in [0.29, 0.717) is 5.82 Å². The summed E-state index contributed by atoms with van der Waals surface area (Å²) in [6.07, 6.45) is 5.74. The van der Waals surface area contributed by atoms with Gasteiger partial charge in [-0.25, -0.2) is 9.97 Å². The highest BCUT2D eigenvalue weighted by Gasteiger charge is 2.51. The lowest BCUT2D eigenvalue weighted by Gasteiger charge is -2.30. The second-order valence-corrected chi connectivity index (χ2v) is 15.5. The van der Waals surface area contributed by atoms with Crippen molar-refractivity contribution in [2.24, 2.45) is 0 Å². The molecule has 2 aliphatic rings. The average Bonchev–Trinajstić information content (AvgIpc) is 3.79. The molecule has 3 heteroatoms. The van der Waals surface area contributed by atoms with Crippen LogP contribution in [0.5, 0.6) is 0 Å². The Balaban J connectivity index is 1.02. The molecule has 3 nitrogen and oxygen atoms in total. The highest BCUT2D eigenvalue weighted by atomic mass is 14.9. The summed E-state index contributed by atoms with van der Waals surface area (Å²) in [5, 5.41) is 2.34. The van der Waals surface area contributed by atoms with Gasteiger partial charge in [0.25, 0.3) is 0 Å². The summed E-state index contributed by atoms with van der Waals surface area (Å²) >= 11 is 0. The van der Waals surface area contributed by atoms with Gasteiger partial charge in [-0.05, 0) is 95.7 Å². The summed E-state index contributed by atoms with van der Waals surface area (Å²) in [7, 11) is 0. The van der Waals surface area contributed by atoms with E-state index in [1.54, 1.807) is 0 Å². The third-order valence-corrected chi connectivity index (χ3v) is 12.5. The van der Waals surface area contributed by atoms with Gasteiger partial charge in [-0.3, -0.25) is 4.98 Å². The number of hydrogen-bond acceptors (Lipinski definition) is 3. The molecular weight excluding hydrogens is 715 g/mol. The van der Waals surface area contributed by atoms with Crippen LogP contribution in [-0.2, 0) is 5.41 Å². The Labute approximate surface area is 343 Å². The lowest BCUT2D eigenvalue weighted by molar-refractivity contribution is 0.794. The number of aromatic nitrogens is 3. The predicted molar refractivity (Wildman–Crippen MR) is 241 cm³/mol. The molecule has 0 fully saturated rings. The molecule has 0 atom stereocenters. The van der Waals surface area contributed by atoms with Crippen molar-refractivity contribution in [1.29, 1.82) is 0 Å². The van der Waals surface area contributed by atoms with Crippen molar-refractivity contribution in [3.8, 4) is 78.3 Å². The van der Waals surface area contributed by atoms with Crippen LogP contribution in [0, 0.1) is 0 Å². The fourth-order valence-corrected chi connectivity index (χ4v) is 9.86. The van der Waals surface area contributed by atoms with Crippen LogP contribution in [0.2, 0.25) is 0 Å². The van der Waals surface area contributed by atoms with Crippen molar-refractivity contribution in [2.45, 2.75) is 5.41 Å². The van der Waals surface area contributed by atoms with Crippen LogP contribution in [0.4, 0.5) is 0 Å². The van der Waals surface area contributed by atoms with Crippen LogP contribution in [-0.4, -0.2) is 15.0 Å². The van der Waals surface area contributed by atoms with Crippen molar-refractivity contribution in [3.05, 3.63) is 235 Å². The van der Waals surface area contributed by atoms with E-state index < -0.39 is 5.41 Å². The first-order valence-corrected chi connectivity index (χ1v) is 20.2. The van der Waals surface area contributed by atoms with Gasteiger partial charge in [0.2, 0.25) is 0 Å². The molecule has 59 heavy (non-hydrogen) atoms. The Morgan fingerprint density at radius 3 is 1.61 bits per heavy atom. The van der Waals surface area contributed by atoms with E-state index in [0.717, 1.165) is 55.6 Å². The zero-order chi connectivity index (χ0) is 38.9. The third-order valence-electron chi connectivity index (χ3n) is 12.5. The van der Waals surface area contributed by atoms with Crippen LogP contribution in [0.25, 0.3) is 89.1 Å². The van der Waals surface area contributed by atoms with Gasteiger partial charge in [0.15, 0.2) is 5.82 Å². The highest BCUT2D eigenvalue weighted by Crippen LogP contribution is 2.63. The highest BCUT2D eigenvalue weighted by molar-refractivity contribution is 6.00. The predicted octanol–water partition coefficient (Wildman–Crippen LogP) is 13.7.